The van der Waals surface area contributed by atoms with Crippen molar-refractivity contribution in [3.05, 3.63) is 40.8 Å². The smallest absolute Gasteiger partial charge is 0.318 e. The number of nitrogens with two attached hydrogens (primary N) is 1. The third-order valence-corrected chi connectivity index (χ3v) is 4.31. The van der Waals surface area contributed by atoms with Crippen molar-refractivity contribution in [3.8, 4) is 6.01 Å². The minimum atomic E-state index is -0.433. The molecule has 0 aliphatic carbocycles. The van der Waals surface area contributed by atoms with Gasteiger partial charge in [0.1, 0.15) is 17.2 Å². The molecule has 6 nitrogen and oxygen atoms in total. The van der Waals surface area contributed by atoms with Crippen LogP contribution in [-0.2, 0) is 11.8 Å². The van der Waals surface area contributed by atoms with E-state index in [0.29, 0.717) is 18.7 Å². The van der Waals surface area contributed by atoms with E-state index in [1.54, 1.807) is 6.07 Å². The molecule has 1 aliphatic rings. The maximum atomic E-state index is 14.7. The highest BCUT2D eigenvalue weighted by Crippen LogP contribution is 2.32. The fourth-order valence-corrected chi connectivity index (χ4v) is 2.88. The average Bonchev–Trinajstić information content (AvgIpc) is 2.54. The lowest BCUT2D eigenvalue weighted by molar-refractivity contribution is 0.0979. The van der Waals surface area contributed by atoms with Crippen LogP contribution in [0.3, 0.4) is 0 Å². The molecule has 0 atom stereocenters. The van der Waals surface area contributed by atoms with Crippen LogP contribution in [0.25, 0.3) is 0 Å². The number of nitrogen functional groups attached to an aromatic ring is 1. The second-order valence-corrected chi connectivity index (χ2v) is 7.04. The summed E-state index contributed by atoms with van der Waals surface area (Å²) in [5.74, 6) is -0.788. The van der Waals surface area contributed by atoms with Crippen molar-refractivity contribution in [2.75, 3.05) is 24.3 Å². The summed E-state index contributed by atoms with van der Waals surface area (Å²) >= 11 is 0. The molecule has 2 heterocycles. The third-order valence-electron chi connectivity index (χ3n) is 4.31. The number of carbonyl (C=O) groups is 1. The Morgan fingerprint density at radius 1 is 1.28 bits per heavy atom. The van der Waals surface area contributed by atoms with Crippen molar-refractivity contribution >= 4 is 17.4 Å². The molecule has 25 heavy (non-hydrogen) atoms. The van der Waals surface area contributed by atoms with E-state index in [1.807, 2.05) is 26.8 Å². The molecule has 0 fully saturated rings. The van der Waals surface area contributed by atoms with Crippen molar-refractivity contribution in [1.82, 2.24) is 9.97 Å². The van der Waals surface area contributed by atoms with Gasteiger partial charge in [-0.3, -0.25) is 4.79 Å². The lowest BCUT2D eigenvalue weighted by Crippen LogP contribution is -2.39. The van der Waals surface area contributed by atoms with Gasteiger partial charge in [0.25, 0.3) is 5.91 Å². The SMILES string of the molecule is COc1nc(N)c2c(n1)CCN(c1ccc(C(C)(C)C)cc1F)C2=O. The first-order chi connectivity index (χ1) is 11.7. The van der Waals surface area contributed by atoms with Gasteiger partial charge in [0.15, 0.2) is 0 Å². The third kappa shape index (κ3) is 3.01. The van der Waals surface area contributed by atoms with E-state index in [0.717, 1.165) is 5.56 Å². The minimum absolute atomic E-state index is 0.0447. The molecule has 0 saturated carbocycles. The van der Waals surface area contributed by atoms with Crippen molar-refractivity contribution in [1.29, 1.82) is 0 Å². The Balaban J connectivity index is 2.00. The Morgan fingerprint density at radius 2 is 2.00 bits per heavy atom. The van der Waals surface area contributed by atoms with Crippen LogP contribution in [0.5, 0.6) is 6.01 Å². The summed E-state index contributed by atoms with van der Waals surface area (Å²) in [5, 5.41) is 0. The number of methoxy groups -OCH3 is 1. The number of anilines is 2. The van der Waals surface area contributed by atoms with Gasteiger partial charge in [-0.25, -0.2) is 4.39 Å². The molecule has 0 spiro atoms. The number of carbonyl (C=O) groups excluding carboxylic acids is 1. The molecule has 1 aromatic carbocycles. The van der Waals surface area contributed by atoms with Crippen molar-refractivity contribution < 1.29 is 13.9 Å². The molecular formula is C18H21FN4O2. The predicted octanol–water partition coefficient (Wildman–Crippen LogP) is 2.71. The molecule has 0 unspecified atom stereocenters. The topological polar surface area (TPSA) is 81.3 Å². The van der Waals surface area contributed by atoms with E-state index < -0.39 is 11.7 Å². The van der Waals surface area contributed by atoms with E-state index in [-0.39, 0.29) is 28.5 Å². The van der Waals surface area contributed by atoms with Gasteiger partial charge in [-0.1, -0.05) is 26.8 Å². The second-order valence-electron chi connectivity index (χ2n) is 7.04. The number of ether oxygens (including phenoxy) is 1. The highest BCUT2D eigenvalue weighted by atomic mass is 19.1. The number of nitrogens with zero attached hydrogens (tertiary/aromatic N) is 3. The molecule has 2 aromatic rings. The van der Waals surface area contributed by atoms with Gasteiger partial charge in [-0.15, -0.1) is 0 Å². The number of benzene rings is 1. The number of amides is 1. The summed E-state index contributed by atoms with van der Waals surface area (Å²) in [5.41, 5.74) is 7.56. The van der Waals surface area contributed by atoms with E-state index in [9.17, 15) is 9.18 Å². The van der Waals surface area contributed by atoms with Crippen LogP contribution in [0.2, 0.25) is 0 Å². The van der Waals surface area contributed by atoms with Crippen LogP contribution in [0, 0.1) is 5.82 Å². The summed E-state index contributed by atoms with van der Waals surface area (Å²) in [7, 11) is 1.43. The Hall–Kier alpha value is -2.70. The lowest BCUT2D eigenvalue weighted by atomic mass is 9.87. The van der Waals surface area contributed by atoms with E-state index in [4.69, 9.17) is 10.5 Å². The van der Waals surface area contributed by atoms with Crippen molar-refractivity contribution in [2.24, 2.45) is 0 Å². The molecule has 3 rings (SSSR count). The summed E-state index contributed by atoms with van der Waals surface area (Å²) in [6.45, 7) is 6.34. The highest BCUT2D eigenvalue weighted by molar-refractivity contribution is 6.10. The maximum absolute atomic E-state index is 14.7. The lowest BCUT2D eigenvalue weighted by Gasteiger charge is -2.29. The quantitative estimate of drug-likeness (QED) is 0.906. The fraction of sp³-hybridized carbons (Fsp3) is 0.389. The maximum Gasteiger partial charge on any atom is 0.318 e. The molecule has 2 N–H and O–H groups in total. The van der Waals surface area contributed by atoms with E-state index in [2.05, 4.69) is 9.97 Å². The van der Waals surface area contributed by atoms with Crippen LogP contribution >= 0.6 is 0 Å². The Kier molecular flexibility index (Phi) is 4.10. The van der Waals surface area contributed by atoms with E-state index >= 15 is 0 Å². The molecule has 0 saturated heterocycles. The minimum Gasteiger partial charge on any atom is -0.467 e. The number of aromatic nitrogens is 2. The summed E-state index contributed by atoms with van der Waals surface area (Å²) in [4.78, 5) is 22.4. The first-order valence-corrected chi connectivity index (χ1v) is 8.04. The van der Waals surface area contributed by atoms with Gasteiger partial charge in [0.05, 0.1) is 18.5 Å². The molecule has 1 amide bonds. The van der Waals surface area contributed by atoms with Gasteiger partial charge >= 0.3 is 6.01 Å². The molecule has 7 heteroatoms. The molecule has 0 bridgehead atoms. The number of hydrogen-bond acceptors (Lipinski definition) is 5. The van der Waals surface area contributed by atoms with Gasteiger partial charge in [-0.05, 0) is 23.1 Å². The van der Waals surface area contributed by atoms with Gasteiger partial charge in [0.2, 0.25) is 0 Å². The van der Waals surface area contributed by atoms with Crippen LogP contribution in [0.15, 0.2) is 18.2 Å². The van der Waals surface area contributed by atoms with Crippen LogP contribution in [0.4, 0.5) is 15.9 Å². The van der Waals surface area contributed by atoms with E-state index in [1.165, 1.54) is 18.1 Å². The predicted molar refractivity (Wildman–Crippen MR) is 93.5 cm³/mol. The van der Waals surface area contributed by atoms with Crippen LogP contribution in [-0.4, -0.2) is 29.5 Å². The average molecular weight is 344 g/mol. The van der Waals surface area contributed by atoms with Crippen molar-refractivity contribution in [3.63, 3.8) is 0 Å². The van der Waals surface area contributed by atoms with Crippen molar-refractivity contribution in [2.45, 2.75) is 32.6 Å². The summed E-state index contributed by atoms with van der Waals surface area (Å²) in [6, 6.07) is 5.08. The second kappa shape index (κ2) is 5.98. The van der Waals surface area contributed by atoms with Crippen LogP contribution in [0.1, 0.15) is 42.4 Å². The molecule has 1 aromatic heterocycles. The monoisotopic (exact) mass is 344 g/mol. The highest BCUT2D eigenvalue weighted by Gasteiger charge is 2.32. The molecular weight excluding hydrogens is 323 g/mol. The zero-order valence-electron chi connectivity index (χ0n) is 14.8. The van der Waals surface area contributed by atoms with Gasteiger partial charge in [0, 0.05) is 13.0 Å². The first kappa shape index (κ1) is 17.1. The molecule has 0 radical (unpaired) electrons. The number of halogens is 1. The Morgan fingerprint density at radius 3 is 2.60 bits per heavy atom. The van der Waals surface area contributed by atoms with Gasteiger partial charge in [-0.2, -0.15) is 9.97 Å². The summed E-state index contributed by atoms with van der Waals surface area (Å²) in [6.07, 6.45) is 0.449. The van der Waals surface area contributed by atoms with Gasteiger partial charge < -0.3 is 15.4 Å². The first-order valence-electron chi connectivity index (χ1n) is 8.04. The normalized spacial score (nSPS) is 14.4. The van der Waals surface area contributed by atoms with Crippen LogP contribution < -0.4 is 15.4 Å². The largest absolute Gasteiger partial charge is 0.467 e. The zero-order chi connectivity index (χ0) is 18.4. The summed E-state index contributed by atoms with van der Waals surface area (Å²) < 4.78 is 19.6. The number of rotatable bonds is 2. The zero-order valence-corrected chi connectivity index (χ0v) is 14.8. The Labute approximate surface area is 145 Å². The molecule has 132 valence electrons. The molecule has 1 aliphatic heterocycles. The number of fused-ring (bicyclic) bond motifs is 1. The Bertz CT molecular complexity index is 846. The standard InChI is InChI=1S/C18H21FN4O2/c1-18(2,3)10-5-6-13(11(19)9-10)23-8-7-12-14(16(23)24)15(20)22-17(21-12)25-4/h5-6,9H,7-8H2,1-4H3,(H2,20,21,22). The number of hydrogen-bond donors (Lipinski definition) is 1. The fourth-order valence-electron chi connectivity index (χ4n) is 2.88.